The molecule has 0 N–H and O–H groups in total. The van der Waals surface area contributed by atoms with E-state index < -0.39 is 0 Å². The average Bonchev–Trinajstić information content (AvgIpc) is 4.21. The predicted octanol–water partition coefficient (Wildman–Crippen LogP) is 21.2. The van der Waals surface area contributed by atoms with E-state index in [1.165, 1.54) is 49.2 Å². The predicted molar refractivity (Wildman–Crippen MR) is 332 cm³/mol. The number of furan rings is 1. The molecule has 78 heavy (non-hydrogen) atoms. The van der Waals surface area contributed by atoms with Crippen LogP contribution in [0.15, 0.2) is 211 Å². The van der Waals surface area contributed by atoms with E-state index in [0.717, 1.165) is 89.6 Å². The SMILES string of the molecule is CC(C)(C)c1cc(N(c2ccc(-c3cccc4c3oc3ccccc34)cc2)c2cccc(-n3c4ccc(C(C)(C)C)cc4c4cc(C(C)(C)C)ccc43)c2)c(Cl)c(N2c3ccccc3-n3c4ccccc4c4cccc2c43)c1. The van der Waals surface area contributed by atoms with Crippen LogP contribution < -0.4 is 9.80 Å². The van der Waals surface area contributed by atoms with E-state index in [9.17, 15) is 0 Å². The highest BCUT2D eigenvalue weighted by molar-refractivity contribution is 6.37. The zero-order valence-electron chi connectivity index (χ0n) is 45.7. The summed E-state index contributed by atoms with van der Waals surface area (Å²) in [5.74, 6) is 0. The topological polar surface area (TPSA) is 29.5 Å². The summed E-state index contributed by atoms with van der Waals surface area (Å²) in [5, 5.41) is 7.79. The summed E-state index contributed by atoms with van der Waals surface area (Å²) in [7, 11) is 0. The van der Waals surface area contributed by atoms with Crippen molar-refractivity contribution >= 4 is 111 Å². The monoisotopic (exact) mass is 1030 g/mol. The average molecular weight is 1030 g/mol. The second kappa shape index (κ2) is 17.2. The van der Waals surface area contributed by atoms with Crippen molar-refractivity contribution in [2.24, 2.45) is 0 Å². The molecule has 0 amide bonds. The summed E-state index contributed by atoms with van der Waals surface area (Å²) in [6, 6.07) is 75.6. The molecule has 0 radical (unpaired) electrons. The number of fused-ring (bicyclic) bond motifs is 11. The fraction of sp³-hybridized carbons (Fsp3) is 0.167. The highest BCUT2D eigenvalue weighted by atomic mass is 35.5. The molecule has 10 aromatic carbocycles. The van der Waals surface area contributed by atoms with Crippen LogP contribution in [0, 0.1) is 0 Å². The number of anilines is 6. The van der Waals surface area contributed by atoms with Crippen LogP contribution in [0.3, 0.4) is 0 Å². The number of halogens is 1. The molecule has 0 saturated carbocycles. The first-order chi connectivity index (χ1) is 37.5. The van der Waals surface area contributed by atoms with Gasteiger partial charge in [0.15, 0.2) is 0 Å². The largest absolute Gasteiger partial charge is 0.455 e. The first-order valence-electron chi connectivity index (χ1n) is 27.3. The molecule has 13 aromatic rings. The highest BCUT2D eigenvalue weighted by Gasteiger charge is 2.33. The molecule has 382 valence electrons. The van der Waals surface area contributed by atoms with E-state index in [4.69, 9.17) is 16.0 Å². The Morgan fingerprint density at radius 1 is 0.397 bits per heavy atom. The Balaban J connectivity index is 1.01. The van der Waals surface area contributed by atoms with Gasteiger partial charge in [-0.1, -0.05) is 183 Å². The molecule has 3 aromatic heterocycles. The lowest BCUT2D eigenvalue weighted by atomic mass is 9.85. The maximum atomic E-state index is 8.29. The third-order valence-corrected chi connectivity index (χ3v) is 16.7. The van der Waals surface area contributed by atoms with Gasteiger partial charge in [-0.2, -0.15) is 0 Å². The number of rotatable bonds is 6. The Hall–Kier alpha value is -8.51. The fourth-order valence-electron chi connectivity index (χ4n) is 12.2. The molecule has 0 spiro atoms. The number of hydrogen-bond donors (Lipinski definition) is 0. The van der Waals surface area contributed by atoms with Crippen LogP contribution in [-0.2, 0) is 16.2 Å². The Morgan fingerprint density at radius 2 is 0.974 bits per heavy atom. The number of aromatic nitrogens is 2. The molecule has 0 saturated heterocycles. The van der Waals surface area contributed by atoms with E-state index >= 15 is 0 Å². The van der Waals surface area contributed by atoms with Crippen LogP contribution in [0.4, 0.5) is 34.1 Å². The highest BCUT2D eigenvalue weighted by Crippen LogP contribution is 2.55. The van der Waals surface area contributed by atoms with Crippen LogP contribution >= 0.6 is 11.6 Å². The summed E-state index contributed by atoms with van der Waals surface area (Å²) < 4.78 is 11.5. The Bertz CT molecular complexity index is 4510. The van der Waals surface area contributed by atoms with Gasteiger partial charge in [0.25, 0.3) is 0 Å². The van der Waals surface area contributed by atoms with Gasteiger partial charge in [-0.05, 0) is 136 Å². The van der Waals surface area contributed by atoms with Gasteiger partial charge in [0.05, 0.1) is 55.5 Å². The number of nitrogens with zero attached hydrogens (tertiary/aromatic N) is 4. The molecular formula is C72H61ClN4O. The van der Waals surface area contributed by atoms with Crippen molar-refractivity contribution in [3.63, 3.8) is 0 Å². The normalized spacial score (nSPS) is 13.0. The van der Waals surface area contributed by atoms with E-state index in [1.807, 2.05) is 12.1 Å². The van der Waals surface area contributed by atoms with Crippen LogP contribution in [0.25, 0.3) is 88.1 Å². The van der Waals surface area contributed by atoms with Crippen molar-refractivity contribution in [2.75, 3.05) is 9.80 Å². The van der Waals surface area contributed by atoms with Gasteiger partial charge in [0, 0.05) is 54.9 Å². The molecule has 0 aliphatic carbocycles. The molecule has 1 aliphatic rings. The molecule has 4 heterocycles. The van der Waals surface area contributed by atoms with Gasteiger partial charge >= 0.3 is 0 Å². The van der Waals surface area contributed by atoms with E-state index in [2.05, 4.69) is 275 Å². The minimum Gasteiger partial charge on any atom is -0.455 e. The summed E-state index contributed by atoms with van der Waals surface area (Å²) in [5.41, 5.74) is 20.1. The maximum Gasteiger partial charge on any atom is 0.143 e. The van der Waals surface area contributed by atoms with Gasteiger partial charge in [-0.15, -0.1) is 0 Å². The molecule has 0 fully saturated rings. The molecule has 6 heteroatoms. The molecule has 0 bridgehead atoms. The van der Waals surface area contributed by atoms with Crippen molar-refractivity contribution in [2.45, 2.75) is 78.6 Å². The zero-order chi connectivity index (χ0) is 53.6. The summed E-state index contributed by atoms with van der Waals surface area (Å²) in [6.07, 6.45) is 0. The zero-order valence-corrected chi connectivity index (χ0v) is 46.5. The van der Waals surface area contributed by atoms with Gasteiger partial charge in [0.1, 0.15) is 11.2 Å². The van der Waals surface area contributed by atoms with Gasteiger partial charge in [-0.3, -0.25) is 0 Å². The summed E-state index contributed by atoms with van der Waals surface area (Å²) >= 11 is 8.29. The van der Waals surface area contributed by atoms with E-state index in [-0.39, 0.29) is 16.2 Å². The van der Waals surface area contributed by atoms with Gasteiger partial charge in [-0.25, -0.2) is 0 Å². The van der Waals surface area contributed by atoms with Crippen molar-refractivity contribution in [1.29, 1.82) is 0 Å². The smallest absolute Gasteiger partial charge is 0.143 e. The van der Waals surface area contributed by atoms with Crippen molar-refractivity contribution in [1.82, 2.24) is 9.13 Å². The minimum absolute atomic E-state index is 0.0142. The standard InChI is InChI=1S/C72H61ClN4O/c1-70(2,3)45-33-37-59-56(39-45)57-40-46(71(4,5)6)34-38-60(57)75(59)50-20-16-19-49(43-50)74(48-35-31-44(32-36-48)51-23-17-25-55-53-22-11-15-30-66(53)78-69(51)55)64-41-47(72(7,8)9)42-65(67(64)73)76-61-27-13-14-28-62(61)77-58-26-12-10-21-52(58)54-24-18-29-63(76)68(54)77/h10-43H,1-9H3. The van der Waals surface area contributed by atoms with E-state index in [1.54, 1.807) is 0 Å². The second-order valence-electron chi connectivity index (χ2n) is 24.4. The summed E-state index contributed by atoms with van der Waals surface area (Å²) in [4.78, 5) is 4.77. The van der Waals surface area contributed by atoms with Crippen LogP contribution in [0.1, 0.15) is 79.0 Å². The quantitative estimate of drug-likeness (QED) is 0.166. The molecule has 1 aliphatic heterocycles. The Kier molecular flexibility index (Phi) is 10.6. The molecular weight excluding hydrogens is 972 g/mol. The lowest BCUT2D eigenvalue weighted by Gasteiger charge is -2.36. The van der Waals surface area contributed by atoms with Gasteiger partial charge < -0.3 is 23.4 Å². The first-order valence-corrected chi connectivity index (χ1v) is 27.7. The number of hydrogen-bond acceptors (Lipinski definition) is 3. The van der Waals surface area contributed by atoms with Crippen LogP contribution in [0.2, 0.25) is 5.02 Å². The van der Waals surface area contributed by atoms with Crippen LogP contribution in [0.5, 0.6) is 0 Å². The van der Waals surface area contributed by atoms with Crippen LogP contribution in [-0.4, -0.2) is 9.13 Å². The second-order valence-corrected chi connectivity index (χ2v) is 24.8. The molecule has 0 unspecified atom stereocenters. The third-order valence-electron chi connectivity index (χ3n) is 16.3. The lowest BCUT2D eigenvalue weighted by molar-refractivity contribution is 0.590. The molecule has 14 rings (SSSR count). The van der Waals surface area contributed by atoms with Crippen molar-refractivity contribution < 1.29 is 4.42 Å². The minimum atomic E-state index is -0.256. The van der Waals surface area contributed by atoms with Crippen molar-refractivity contribution in [3.05, 3.63) is 228 Å². The van der Waals surface area contributed by atoms with Crippen molar-refractivity contribution in [3.8, 4) is 22.5 Å². The fourth-order valence-corrected chi connectivity index (χ4v) is 12.5. The lowest BCUT2D eigenvalue weighted by Crippen LogP contribution is -2.21. The summed E-state index contributed by atoms with van der Waals surface area (Å²) in [6.45, 7) is 20.7. The number of benzene rings is 10. The molecule has 5 nitrogen and oxygen atoms in total. The Labute approximate surface area is 461 Å². The molecule has 0 atom stereocenters. The van der Waals surface area contributed by atoms with E-state index in [0.29, 0.717) is 5.02 Å². The Morgan fingerprint density at radius 3 is 1.68 bits per heavy atom. The maximum absolute atomic E-state index is 8.29. The third kappa shape index (κ3) is 7.42. The number of para-hydroxylation sites is 6. The van der Waals surface area contributed by atoms with Gasteiger partial charge in [0.2, 0.25) is 0 Å². The first kappa shape index (κ1) is 47.9.